The standard InChI is InChI=1S/C74H60N2O2/c1-43(2)45-23-29-51(30-24-45)75(67-19-13-17-57-55-15-9-11-21-69(55)77-71(57)67)53-33-27-47-37-59-61-41-66-62(42-65(61)73(5,6)63(59)39-49(47)35-53)60-38-48-28-34-54(36-50(48)40-64(60)74(66,7)8)76(52-31-25-46(26-32-52)44(3)4)68-20-14-18-58-56-16-10-12-22-70(56)78-72(58)68/h9-44H,1-8H3. The van der Waals surface area contributed by atoms with Crippen LogP contribution in [0.4, 0.5) is 34.1 Å². The second-order valence-electron chi connectivity index (χ2n) is 23.7. The Balaban J connectivity index is 0.825. The van der Waals surface area contributed by atoms with Crippen LogP contribution >= 0.6 is 0 Å². The van der Waals surface area contributed by atoms with E-state index < -0.39 is 0 Å². The monoisotopic (exact) mass is 1010 g/mol. The molecule has 0 unspecified atom stereocenters. The Labute approximate surface area is 455 Å². The van der Waals surface area contributed by atoms with Gasteiger partial charge in [-0.25, -0.2) is 0 Å². The molecule has 15 rings (SSSR count). The van der Waals surface area contributed by atoms with Gasteiger partial charge in [0, 0.05) is 55.1 Å². The largest absolute Gasteiger partial charge is 0.454 e. The van der Waals surface area contributed by atoms with Crippen molar-refractivity contribution in [2.45, 2.75) is 78.1 Å². The molecule has 0 radical (unpaired) electrons. The summed E-state index contributed by atoms with van der Waals surface area (Å²) in [5, 5.41) is 9.38. The summed E-state index contributed by atoms with van der Waals surface area (Å²) < 4.78 is 13.4. The zero-order chi connectivity index (χ0) is 52.9. The molecular weight excluding hydrogens is 949 g/mol. The summed E-state index contributed by atoms with van der Waals surface area (Å²) in [4.78, 5) is 4.75. The van der Waals surface area contributed by atoms with E-state index in [4.69, 9.17) is 8.83 Å². The average Bonchev–Trinajstić information content (AvgIpc) is 4.30. The van der Waals surface area contributed by atoms with Gasteiger partial charge in [0.25, 0.3) is 0 Å². The molecular formula is C74H60N2O2. The number of anilines is 6. The highest BCUT2D eigenvalue weighted by Gasteiger charge is 2.42. The molecule has 0 bridgehead atoms. The van der Waals surface area contributed by atoms with Crippen LogP contribution in [-0.4, -0.2) is 0 Å². The van der Waals surface area contributed by atoms with Crippen molar-refractivity contribution in [2.24, 2.45) is 0 Å². The number of furan rings is 2. The van der Waals surface area contributed by atoms with Gasteiger partial charge in [0.1, 0.15) is 11.2 Å². The number of hydrogen-bond acceptors (Lipinski definition) is 4. The predicted molar refractivity (Wildman–Crippen MR) is 329 cm³/mol. The van der Waals surface area contributed by atoms with Gasteiger partial charge in [0.15, 0.2) is 11.2 Å². The minimum absolute atomic E-state index is 0.228. The van der Waals surface area contributed by atoms with E-state index in [0.717, 1.165) is 78.0 Å². The number of rotatable bonds is 8. The summed E-state index contributed by atoms with van der Waals surface area (Å²) in [6.45, 7) is 18.7. The highest BCUT2D eigenvalue weighted by Crippen LogP contribution is 2.58. The van der Waals surface area contributed by atoms with E-state index >= 15 is 0 Å². The fourth-order valence-electron chi connectivity index (χ4n) is 13.4. The van der Waals surface area contributed by atoms with Gasteiger partial charge in [-0.3, -0.25) is 0 Å². The summed E-state index contributed by atoms with van der Waals surface area (Å²) in [5.41, 5.74) is 23.0. The van der Waals surface area contributed by atoms with Gasteiger partial charge in [-0.05, 0) is 198 Å². The van der Waals surface area contributed by atoms with Crippen molar-refractivity contribution in [3.05, 3.63) is 240 Å². The van der Waals surface area contributed by atoms with E-state index in [0.29, 0.717) is 11.8 Å². The van der Waals surface area contributed by atoms with Gasteiger partial charge in [-0.2, -0.15) is 0 Å². The third kappa shape index (κ3) is 6.85. The van der Waals surface area contributed by atoms with Gasteiger partial charge in [-0.15, -0.1) is 0 Å². The van der Waals surface area contributed by atoms with Gasteiger partial charge >= 0.3 is 0 Å². The van der Waals surface area contributed by atoms with Crippen molar-refractivity contribution in [1.29, 1.82) is 0 Å². The summed E-state index contributed by atoms with van der Waals surface area (Å²) >= 11 is 0. The summed E-state index contributed by atoms with van der Waals surface area (Å²) in [7, 11) is 0. The van der Waals surface area contributed by atoms with Crippen LogP contribution in [0.2, 0.25) is 0 Å². The quantitative estimate of drug-likeness (QED) is 0.152. The van der Waals surface area contributed by atoms with E-state index in [9.17, 15) is 0 Å². The molecule has 0 spiro atoms. The summed E-state index contributed by atoms with van der Waals surface area (Å²) in [6, 6.07) is 76.8. The molecule has 78 heavy (non-hydrogen) atoms. The smallest absolute Gasteiger partial charge is 0.159 e. The molecule has 2 aliphatic carbocycles. The zero-order valence-electron chi connectivity index (χ0n) is 45.5. The van der Waals surface area contributed by atoms with Crippen molar-refractivity contribution in [3.8, 4) is 22.3 Å². The molecule has 0 saturated carbocycles. The first-order valence-corrected chi connectivity index (χ1v) is 27.8. The highest BCUT2D eigenvalue weighted by molar-refractivity contribution is 6.12. The molecule has 2 aromatic heterocycles. The maximum Gasteiger partial charge on any atom is 0.159 e. The van der Waals surface area contributed by atoms with Crippen LogP contribution in [0.5, 0.6) is 0 Å². The van der Waals surface area contributed by atoms with E-state index in [1.165, 1.54) is 77.2 Å². The van der Waals surface area contributed by atoms with Gasteiger partial charge in [0.2, 0.25) is 0 Å². The van der Waals surface area contributed by atoms with Gasteiger partial charge in [0.05, 0.1) is 11.4 Å². The molecule has 2 aliphatic rings. The average molecular weight is 1010 g/mol. The molecule has 13 aromatic rings. The molecule has 0 N–H and O–H groups in total. The Hall–Kier alpha value is -8.86. The molecule has 0 amide bonds. The van der Waals surface area contributed by atoms with Crippen LogP contribution < -0.4 is 9.80 Å². The molecule has 4 nitrogen and oxygen atoms in total. The SMILES string of the molecule is CC(C)c1ccc(N(c2ccc3cc4c(cc3c2)C(C)(C)c2cc3c(cc2-4)C(C)(C)c2cc4cc(N(c5ccc(C(C)C)cc5)c5cccc6c5oc5ccccc56)ccc4cc2-3)c2cccc3c2oc2ccccc23)cc1. The number of hydrogen-bond donors (Lipinski definition) is 0. The molecule has 378 valence electrons. The molecule has 0 atom stereocenters. The third-order valence-electron chi connectivity index (χ3n) is 17.8. The van der Waals surface area contributed by atoms with E-state index in [1.807, 2.05) is 12.1 Å². The Morgan fingerprint density at radius 3 is 1.09 bits per heavy atom. The molecule has 0 fully saturated rings. The minimum atomic E-state index is -0.228. The minimum Gasteiger partial charge on any atom is -0.454 e. The summed E-state index contributed by atoms with van der Waals surface area (Å²) in [5.74, 6) is 0.872. The normalized spacial score (nSPS) is 14.1. The Morgan fingerprint density at radius 2 is 0.679 bits per heavy atom. The first-order chi connectivity index (χ1) is 37.8. The molecule has 11 aromatic carbocycles. The van der Waals surface area contributed by atoms with E-state index in [-0.39, 0.29) is 10.8 Å². The predicted octanol–water partition coefficient (Wildman–Crippen LogP) is 21.6. The van der Waals surface area contributed by atoms with Crippen LogP contribution in [0, 0.1) is 0 Å². The Morgan fingerprint density at radius 1 is 0.321 bits per heavy atom. The highest BCUT2D eigenvalue weighted by atomic mass is 16.3. The maximum atomic E-state index is 6.70. The third-order valence-corrected chi connectivity index (χ3v) is 17.8. The first kappa shape index (κ1) is 46.4. The van der Waals surface area contributed by atoms with Crippen LogP contribution in [0.1, 0.15) is 101 Å². The lowest BCUT2D eigenvalue weighted by Crippen LogP contribution is -2.17. The Bertz CT molecular complexity index is 4330. The van der Waals surface area contributed by atoms with E-state index in [1.54, 1.807) is 0 Å². The van der Waals surface area contributed by atoms with Gasteiger partial charge < -0.3 is 18.6 Å². The van der Waals surface area contributed by atoms with Crippen molar-refractivity contribution in [2.75, 3.05) is 9.80 Å². The second-order valence-corrected chi connectivity index (χ2v) is 23.7. The number of fused-ring (bicyclic) bond motifs is 14. The topological polar surface area (TPSA) is 32.8 Å². The zero-order valence-corrected chi connectivity index (χ0v) is 45.5. The molecule has 4 heteroatoms. The van der Waals surface area contributed by atoms with Crippen molar-refractivity contribution >= 4 is 99.5 Å². The lowest BCUT2D eigenvalue weighted by molar-refractivity contribution is 0.653. The Kier molecular flexibility index (Phi) is 10.0. The van der Waals surface area contributed by atoms with E-state index in [2.05, 4.69) is 259 Å². The fraction of sp³-hybridized carbons (Fsp3) is 0.162. The lowest BCUT2D eigenvalue weighted by Gasteiger charge is -2.27. The summed E-state index contributed by atoms with van der Waals surface area (Å²) in [6.07, 6.45) is 0. The number of nitrogens with zero attached hydrogens (tertiary/aromatic N) is 2. The van der Waals surface area contributed by atoms with Crippen LogP contribution in [-0.2, 0) is 10.8 Å². The maximum absolute atomic E-state index is 6.70. The van der Waals surface area contributed by atoms with Gasteiger partial charge in [-0.1, -0.05) is 152 Å². The van der Waals surface area contributed by atoms with Crippen molar-refractivity contribution in [3.63, 3.8) is 0 Å². The van der Waals surface area contributed by atoms with Crippen LogP contribution in [0.25, 0.3) is 87.7 Å². The van der Waals surface area contributed by atoms with Crippen LogP contribution in [0.15, 0.2) is 215 Å². The lowest BCUT2D eigenvalue weighted by atomic mass is 9.79. The van der Waals surface area contributed by atoms with Crippen LogP contribution in [0.3, 0.4) is 0 Å². The first-order valence-electron chi connectivity index (χ1n) is 27.8. The van der Waals surface area contributed by atoms with Crippen molar-refractivity contribution in [1.82, 2.24) is 0 Å². The molecule has 2 heterocycles. The number of benzene rings is 11. The molecule has 0 aliphatic heterocycles. The number of para-hydroxylation sites is 4. The second kappa shape index (κ2) is 16.8. The molecule has 0 saturated heterocycles. The fourth-order valence-corrected chi connectivity index (χ4v) is 13.4. The van der Waals surface area contributed by atoms with Crippen molar-refractivity contribution < 1.29 is 8.83 Å².